The molecule has 4 fully saturated rings. The maximum atomic E-state index is 8.60. The minimum Gasteiger partial charge on any atom is -0.397 e. The van der Waals surface area contributed by atoms with Gasteiger partial charge >= 0.3 is 0 Å². The van der Waals surface area contributed by atoms with Crippen molar-refractivity contribution in [3.8, 4) is 0 Å². The fourth-order valence-corrected chi connectivity index (χ4v) is 6.65. The lowest BCUT2D eigenvalue weighted by atomic mass is 9.54. The van der Waals surface area contributed by atoms with Crippen LogP contribution in [-0.4, -0.2) is 12.0 Å². The maximum absolute atomic E-state index is 8.60. The Balaban J connectivity index is 1.27. The van der Waals surface area contributed by atoms with Crippen molar-refractivity contribution >= 4 is 40.3 Å². The summed E-state index contributed by atoms with van der Waals surface area (Å²) in [6.45, 7) is 0. The van der Waals surface area contributed by atoms with Crippen LogP contribution in [0.5, 0.6) is 0 Å². The van der Waals surface area contributed by atoms with Crippen molar-refractivity contribution in [3.63, 3.8) is 0 Å². The monoisotopic (exact) mass is 358 g/mol. The minimum absolute atomic E-state index is 0.394. The van der Waals surface area contributed by atoms with Gasteiger partial charge in [0.25, 0.3) is 0 Å². The molecule has 0 spiro atoms. The highest BCUT2D eigenvalue weighted by atomic mass is 15.2. The first-order valence-corrected chi connectivity index (χ1v) is 10.3. The van der Waals surface area contributed by atoms with Crippen LogP contribution in [0.25, 0.3) is 22.9 Å². The Morgan fingerprint density at radius 2 is 1.67 bits per heavy atom. The van der Waals surface area contributed by atoms with Gasteiger partial charge < -0.3 is 16.4 Å². The molecule has 7 rings (SSSR count). The molecule has 2 aromatic rings. The minimum atomic E-state index is 0.394. The van der Waals surface area contributed by atoms with E-state index in [0.29, 0.717) is 17.7 Å². The van der Waals surface area contributed by atoms with Gasteiger partial charge in [0.1, 0.15) is 0 Å². The Labute approximate surface area is 159 Å². The van der Waals surface area contributed by atoms with Crippen molar-refractivity contribution < 1.29 is 0 Å². The molecule has 0 aromatic heterocycles. The summed E-state index contributed by atoms with van der Waals surface area (Å²) in [5.41, 5.74) is 10.3. The van der Waals surface area contributed by atoms with Gasteiger partial charge in [0, 0.05) is 11.4 Å². The summed E-state index contributed by atoms with van der Waals surface area (Å²) in [7, 11) is 0. The van der Waals surface area contributed by atoms with E-state index in [-0.39, 0.29) is 0 Å². The van der Waals surface area contributed by atoms with Crippen molar-refractivity contribution in [3.05, 3.63) is 35.4 Å². The summed E-state index contributed by atoms with van der Waals surface area (Å²) in [5.74, 6) is 3.79. The predicted molar refractivity (Wildman–Crippen MR) is 113 cm³/mol. The standard InChI is InChI=1S/C23H26N4/c24-19-11-15-5-4-14-2-1-3-18(20(14)15)22(19)27-23(25)26-21-16-7-12-6-13(9-16)10-17(21)8-12/h1-5,11-13,16-17,21H,6-10,24H2,(H3,25,26,27). The lowest BCUT2D eigenvalue weighted by Crippen LogP contribution is -2.56. The summed E-state index contributed by atoms with van der Waals surface area (Å²) in [6, 6.07) is 8.78. The van der Waals surface area contributed by atoms with Crippen LogP contribution in [0.15, 0.2) is 24.3 Å². The van der Waals surface area contributed by atoms with E-state index in [1.165, 1.54) is 48.6 Å². The number of nitrogen functional groups attached to an aromatic ring is 1. The topological polar surface area (TPSA) is 73.9 Å². The van der Waals surface area contributed by atoms with Gasteiger partial charge in [-0.1, -0.05) is 30.4 Å². The Kier molecular flexibility index (Phi) is 3.17. The SMILES string of the molecule is N=C(Nc1c(N)cc2c3c(cccc13)C=C2)NC1C2CC3CC(C2)CC1C3. The van der Waals surface area contributed by atoms with Gasteiger partial charge in [-0.15, -0.1) is 0 Å². The number of nitrogens with one attached hydrogen (secondary N) is 3. The first kappa shape index (κ1) is 15.6. The molecule has 0 atom stereocenters. The molecule has 0 unspecified atom stereocenters. The van der Waals surface area contributed by atoms with Gasteiger partial charge in [-0.25, -0.2) is 0 Å². The van der Waals surface area contributed by atoms with Gasteiger partial charge in [-0.2, -0.15) is 0 Å². The van der Waals surface area contributed by atoms with Gasteiger partial charge in [0.2, 0.25) is 0 Å². The first-order valence-electron chi connectivity index (χ1n) is 10.3. The number of benzene rings is 2. The Bertz CT molecular complexity index is 962. The zero-order valence-electron chi connectivity index (χ0n) is 15.5. The van der Waals surface area contributed by atoms with E-state index in [1.54, 1.807) is 0 Å². The summed E-state index contributed by atoms with van der Waals surface area (Å²) in [5, 5.41) is 17.8. The number of nitrogens with two attached hydrogens (primary N) is 1. The van der Waals surface area contributed by atoms with Crippen molar-refractivity contribution in [2.75, 3.05) is 11.1 Å². The molecule has 2 aromatic carbocycles. The Morgan fingerprint density at radius 1 is 0.963 bits per heavy atom. The lowest BCUT2D eigenvalue weighted by Gasteiger charge is -2.54. The van der Waals surface area contributed by atoms with Crippen LogP contribution in [-0.2, 0) is 0 Å². The molecule has 5 N–H and O–H groups in total. The van der Waals surface area contributed by atoms with Crippen LogP contribution in [0, 0.1) is 29.1 Å². The number of anilines is 2. The molecule has 0 amide bonds. The van der Waals surface area contributed by atoms with Crippen LogP contribution in [0.4, 0.5) is 11.4 Å². The number of rotatable bonds is 2. The van der Waals surface area contributed by atoms with Crippen molar-refractivity contribution in [1.82, 2.24) is 5.32 Å². The zero-order chi connectivity index (χ0) is 18.1. The molecule has 0 aliphatic heterocycles. The van der Waals surface area contributed by atoms with Crippen molar-refractivity contribution in [1.29, 1.82) is 5.41 Å². The molecule has 138 valence electrons. The van der Waals surface area contributed by atoms with E-state index in [2.05, 4.69) is 41.0 Å². The van der Waals surface area contributed by atoms with Gasteiger partial charge in [-0.3, -0.25) is 5.41 Å². The summed E-state index contributed by atoms with van der Waals surface area (Å²) in [6.07, 6.45) is 11.1. The fraction of sp³-hybridized carbons (Fsp3) is 0.435. The Hall–Kier alpha value is -2.49. The highest BCUT2D eigenvalue weighted by Crippen LogP contribution is 2.53. The summed E-state index contributed by atoms with van der Waals surface area (Å²) in [4.78, 5) is 0. The summed E-state index contributed by atoms with van der Waals surface area (Å²) < 4.78 is 0. The normalized spacial score (nSPS) is 32.2. The van der Waals surface area contributed by atoms with Crippen LogP contribution >= 0.6 is 0 Å². The van der Waals surface area contributed by atoms with E-state index >= 15 is 0 Å². The molecule has 4 heteroatoms. The number of hydrogen-bond donors (Lipinski definition) is 4. The third-order valence-corrected chi connectivity index (χ3v) is 7.48. The molecular formula is C23H26N4. The average molecular weight is 358 g/mol. The second kappa shape index (κ2) is 5.51. The third-order valence-electron chi connectivity index (χ3n) is 7.48. The fourth-order valence-electron chi connectivity index (χ4n) is 6.65. The molecule has 4 nitrogen and oxygen atoms in total. The van der Waals surface area contributed by atoms with Crippen molar-refractivity contribution in [2.24, 2.45) is 23.7 Å². The van der Waals surface area contributed by atoms with Crippen LogP contribution in [0.1, 0.15) is 43.2 Å². The molecule has 4 bridgehead atoms. The molecule has 5 aliphatic carbocycles. The molecule has 4 saturated carbocycles. The van der Waals surface area contributed by atoms with Crippen LogP contribution in [0.2, 0.25) is 0 Å². The maximum Gasteiger partial charge on any atom is 0.193 e. The molecule has 0 heterocycles. The molecule has 27 heavy (non-hydrogen) atoms. The zero-order valence-corrected chi connectivity index (χ0v) is 15.5. The van der Waals surface area contributed by atoms with E-state index in [4.69, 9.17) is 11.1 Å². The van der Waals surface area contributed by atoms with Crippen LogP contribution in [0.3, 0.4) is 0 Å². The van der Waals surface area contributed by atoms with E-state index in [0.717, 1.165) is 34.7 Å². The Morgan fingerprint density at radius 3 is 2.41 bits per heavy atom. The first-order chi connectivity index (χ1) is 13.2. The average Bonchev–Trinajstić information content (AvgIpc) is 3.05. The largest absolute Gasteiger partial charge is 0.397 e. The number of hydrogen-bond acceptors (Lipinski definition) is 2. The molecular weight excluding hydrogens is 332 g/mol. The number of guanidine groups is 1. The highest BCUT2D eigenvalue weighted by Gasteiger charge is 2.48. The molecule has 0 radical (unpaired) electrons. The smallest absolute Gasteiger partial charge is 0.193 e. The molecule has 0 saturated heterocycles. The second-order valence-electron chi connectivity index (χ2n) is 9.13. The third kappa shape index (κ3) is 2.32. The van der Waals surface area contributed by atoms with Gasteiger partial charge in [-0.05, 0) is 78.4 Å². The predicted octanol–water partition coefficient (Wildman–Crippen LogP) is 4.67. The van der Waals surface area contributed by atoms with Gasteiger partial charge in [0.05, 0.1) is 11.4 Å². The quantitative estimate of drug-likeness (QED) is 0.306. The highest BCUT2D eigenvalue weighted by molar-refractivity contribution is 6.15. The van der Waals surface area contributed by atoms with E-state index in [9.17, 15) is 0 Å². The molecule has 5 aliphatic rings. The summed E-state index contributed by atoms with van der Waals surface area (Å²) >= 11 is 0. The van der Waals surface area contributed by atoms with Crippen LogP contribution < -0.4 is 16.4 Å². The van der Waals surface area contributed by atoms with E-state index in [1.807, 2.05) is 6.07 Å². The second-order valence-corrected chi connectivity index (χ2v) is 9.13. The van der Waals surface area contributed by atoms with Gasteiger partial charge in [0.15, 0.2) is 5.96 Å². The van der Waals surface area contributed by atoms with Crippen molar-refractivity contribution in [2.45, 2.75) is 38.1 Å². The van der Waals surface area contributed by atoms with E-state index < -0.39 is 0 Å². The lowest BCUT2D eigenvalue weighted by molar-refractivity contribution is -0.00694.